The van der Waals surface area contributed by atoms with Crippen molar-refractivity contribution >= 4 is 5.91 Å². The number of nitrogens with one attached hydrogen (secondary N) is 1. The van der Waals surface area contributed by atoms with Crippen molar-refractivity contribution < 1.29 is 9.32 Å². The molecule has 134 valence electrons. The minimum atomic E-state index is 0.139. The third kappa shape index (κ3) is 4.66. The molecule has 0 saturated carbocycles. The SMILES string of the molecule is CNC(C)Cc1noc(C2CCCN(C(=O)Cc3ccccc3)C2)n1. The average molecular weight is 342 g/mol. The number of hydrogen-bond donors (Lipinski definition) is 1. The Morgan fingerprint density at radius 1 is 1.40 bits per heavy atom. The highest BCUT2D eigenvalue weighted by atomic mass is 16.5. The molecule has 25 heavy (non-hydrogen) atoms. The highest BCUT2D eigenvalue weighted by molar-refractivity contribution is 5.78. The van der Waals surface area contributed by atoms with Crippen molar-refractivity contribution in [2.24, 2.45) is 0 Å². The number of benzene rings is 1. The molecule has 0 radical (unpaired) electrons. The number of piperidine rings is 1. The van der Waals surface area contributed by atoms with Crippen molar-refractivity contribution in [1.82, 2.24) is 20.4 Å². The minimum Gasteiger partial charge on any atom is -0.342 e. The lowest BCUT2D eigenvalue weighted by molar-refractivity contribution is -0.131. The van der Waals surface area contributed by atoms with Crippen molar-refractivity contribution in [3.63, 3.8) is 0 Å². The van der Waals surface area contributed by atoms with Crippen LogP contribution in [0.1, 0.15) is 43.0 Å². The molecule has 2 unspecified atom stereocenters. The molecule has 1 aromatic carbocycles. The zero-order valence-corrected chi connectivity index (χ0v) is 14.9. The molecule has 3 rings (SSSR count). The molecule has 1 N–H and O–H groups in total. The lowest BCUT2D eigenvalue weighted by Gasteiger charge is -2.31. The Labute approximate surface area is 148 Å². The van der Waals surface area contributed by atoms with E-state index < -0.39 is 0 Å². The van der Waals surface area contributed by atoms with Gasteiger partial charge in [-0.15, -0.1) is 0 Å². The monoisotopic (exact) mass is 342 g/mol. The van der Waals surface area contributed by atoms with Crippen LogP contribution in [0.5, 0.6) is 0 Å². The van der Waals surface area contributed by atoms with Crippen LogP contribution < -0.4 is 5.32 Å². The van der Waals surface area contributed by atoms with Gasteiger partial charge < -0.3 is 14.7 Å². The molecule has 0 bridgehead atoms. The summed E-state index contributed by atoms with van der Waals surface area (Å²) in [5, 5.41) is 7.26. The Morgan fingerprint density at radius 3 is 2.96 bits per heavy atom. The van der Waals surface area contributed by atoms with Gasteiger partial charge in [0.25, 0.3) is 0 Å². The first kappa shape index (κ1) is 17.6. The lowest BCUT2D eigenvalue weighted by Crippen LogP contribution is -2.40. The molecule has 2 heterocycles. The van der Waals surface area contributed by atoms with Crippen LogP contribution in [0.3, 0.4) is 0 Å². The maximum atomic E-state index is 12.6. The summed E-state index contributed by atoms with van der Waals surface area (Å²) in [4.78, 5) is 19.1. The van der Waals surface area contributed by atoms with Crippen LogP contribution in [0.15, 0.2) is 34.9 Å². The van der Waals surface area contributed by atoms with Crippen LogP contribution in [0, 0.1) is 0 Å². The van der Waals surface area contributed by atoms with Crippen molar-refractivity contribution in [2.45, 2.75) is 44.6 Å². The normalized spacial score (nSPS) is 19.0. The van der Waals surface area contributed by atoms with Gasteiger partial charge in [0.2, 0.25) is 11.8 Å². The van der Waals surface area contributed by atoms with E-state index in [9.17, 15) is 4.79 Å². The summed E-state index contributed by atoms with van der Waals surface area (Å²) < 4.78 is 5.47. The summed E-state index contributed by atoms with van der Waals surface area (Å²) in [7, 11) is 1.92. The van der Waals surface area contributed by atoms with E-state index in [4.69, 9.17) is 4.52 Å². The fourth-order valence-electron chi connectivity index (χ4n) is 3.18. The second kappa shape index (κ2) is 8.25. The predicted molar refractivity (Wildman–Crippen MR) is 95.2 cm³/mol. The maximum absolute atomic E-state index is 12.6. The maximum Gasteiger partial charge on any atom is 0.231 e. The number of nitrogens with zero attached hydrogens (tertiary/aromatic N) is 3. The Kier molecular flexibility index (Phi) is 5.81. The van der Waals surface area contributed by atoms with E-state index in [0.29, 0.717) is 24.9 Å². The van der Waals surface area contributed by atoms with Gasteiger partial charge >= 0.3 is 0 Å². The van der Waals surface area contributed by atoms with E-state index in [0.717, 1.165) is 37.2 Å². The van der Waals surface area contributed by atoms with Gasteiger partial charge in [-0.2, -0.15) is 4.98 Å². The highest BCUT2D eigenvalue weighted by Gasteiger charge is 2.28. The van der Waals surface area contributed by atoms with Crippen LogP contribution in [-0.2, 0) is 17.6 Å². The second-order valence-corrected chi connectivity index (χ2v) is 6.78. The molecule has 1 aliphatic rings. The summed E-state index contributed by atoms with van der Waals surface area (Å²) in [5.74, 6) is 1.69. The molecule has 1 aromatic heterocycles. The Hall–Kier alpha value is -2.21. The van der Waals surface area contributed by atoms with Gasteiger partial charge in [-0.3, -0.25) is 4.79 Å². The number of carbonyl (C=O) groups is 1. The third-order valence-corrected chi connectivity index (χ3v) is 4.79. The summed E-state index contributed by atoms with van der Waals surface area (Å²) in [6.07, 6.45) is 3.14. The van der Waals surface area contributed by atoms with E-state index in [2.05, 4.69) is 22.4 Å². The molecule has 1 saturated heterocycles. The smallest absolute Gasteiger partial charge is 0.231 e. The van der Waals surface area contributed by atoms with Crippen LogP contribution in [-0.4, -0.2) is 47.1 Å². The van der Waals surface area contributed by atoms with E-state index in [1.807, 2.05) is 42.3 Å². The zero-order valence-electron chi connectivity index (χ0n) is 14.9. The number of likely N-dealkylation sites (tertiary alicyclic amines) is 1. The number of likely N-dealkylation sites (N-methyl/N-ethyl adjacent to an activating group) is 1. The minimum absolute atomic E-state index is 0.139. The summed E-state index contributed by atoms with van der Waals surface area (Å²) >= 11 is 0. The quantitative estimate of drug-likeness (QED) is 0.871. The molecule has 2 aromatic rings. The largest absolute Gasteiger partial charge is 0.342 e. The van der Waals surface area contributed by atoms with Gasteiger partial charge in [-0.05, 0) is 32.4 Å². The van der Waals surface area contributed by atoms with Gasteiger partial charge in [0.15, 0.2) is 5.82 Å². The van der Waals surface area contributed by atoms with Gasteiger partial charge in [-0.25, -0.2) is 0 Å². The average Bonchev–Trinajstić information content (AvgIpc) is 3.11. The van der Waals surface area contributed by atoms with Crippen LogP contribution in [0.4, 0.5) is 0 Å². The number of rotatable bonds is 6. The second-order valence-electron chi connectivity index (χ2n) is 6.78. The molecular weight excluding hydrogens is 316 g/mol. The molecule has 1 amide bonds. The van der Waals surface area contributed by atoms with E-state index in [1.54, 1.807) is 0 Å². The lowest BCUT2D eigenvalue weighted by atomic mass is 9.97. The molecule has 1 fully saturated rings. The molecule has 0 aliphatic carbocycles. The van der Waals surface area contributed by atoms with Crippen molar-refractivity contribution in [2.75, 3.05) is 20.1 Å². The molecule has 2 atom stereocenters. The van der Waals surface area contributed by atoms with Crippen LogP contribution in [0.25, 0.3) is 0 Å². The Morgan fingerprint density at radius 2 is 2.20 bits per heavy atom. The predicted octanol–water partition coefficient (Wildman–Crippen LogP) is 2.17. The van der Waals surface area contributed by atoms with Crippen molar-refractivity contribution in [1.29, 1.82) is 0 Å². The molecule has 1 aliphatic heterocycles. The van der Waals surface area contributed by atoms with Crippen molar-refractivity contribution in [3.8, 4) is 0 Å². The number of aromatic nitrogens is 2. The van der Waals surface area contributed by atoms with Gasteiger partial charge in [0.1, 0.15) is 0 Å². The number of amides is 1. The first-order chi connectivity index (χ1) is 12.2. The Bertz CT molecular complexity index is 686. The molecular formula is C19H26N4O2. The van der Waals surface area contributed by atoms with E-state index in [1.165, 1.54) is 0 Å². The van der Waals surface area contributed by atoms with Gasteiger partial charge in [-0.1, -0.05) is 35.5 Å². The molecule has 0 spiro atoms. The van der Waals surface area contributed by atoms with E-state index >= 15 is 0 Å². The number of carbonyl (C=O) groups excluding carboxylic acids is 1. The third-order valence-electron chi connectivity index (χ3n) is 4.79. The Balaban J connectivity index is 1.60. The molecule has 6 nitrogen and oxygen atoms in total. The standard InChI is InChI=1S/C19H26N4O2/c1-14(20-2)11-17-21-19(25-22-17)16-9-6-10-23(13-16)18(24)12-15-7-4-3-5-8-15/h3-5,7-8,14,16,20H,6,9-13H2,1-2H3. The van der Waals surface area contributed by atoms with Gasteiger partial charge in [0.05, 0.1) is 12.3 Å². The zero-order chi connectivity index (χ0) is 17.6. The van der Waals surface area contributed by atoms with Crippen LogP contribution >= 0.6 is 0 Å². The topological polar surface area (TPSA) is 71.3 Å². The van der Waals surface area contributed by atoms with E-state index in [-0.39, 0.29) is 11.8 Å². The van der Waals surface area contributed by atoms with Crippen molar-refractivity contribution in [3.05, 3.63) is 47.6 Å². The first-order valence-corrected chi connectivity index (χ1v) is 8.97. The fraction of sp³-hybridized carbons (Fsp3) is 0.526. The summed E-state index contributed by atoms with van der Waals surface area (Å²) in [6.45, 7) is 3.55. The number of hydrogen-bond acceptors (Lipinski definition) is 5. The van der Waals surface area contributed by atoms with Gasteiger partial charge in [0, 0.05) is 25.6 Å². The highest BCUT2D eigenvalue weighted by Crippen LogP contribution is 2.26. The van der Waals surface area contributed by atoms with Crippen LogP contribution in [0.2, 0.25) is 0 Å². The first-order valence-electron chi connectivity index (χ1n) is 8.97. The summed E-state index contributed by atoms with van der Waals surface area (Å²) in [5.41, 5.74) is 1.05. The summed E-state index contributed by atoms with van der Waals surface area (Å²) in [6, 6.07) is 10.2. The fourth-order valence-corrected chi connectivity index (χ4v) is 3.18. The molecule has 6 heteroatoms.